The van der Waals surface area contributed by atoms with Gasteiger partial charge in [0.1, 0.15) is 10.3 Å². The second-order valence-electron chi connectivity index (χ2n) is 3.29. The molecule has 0 bridgehead atoms. The van der Waals surface area contributed by atoms with Gasteiger partial charge in [0, 0.05) is 0 Å². The lowest BCUT2D eigenvalue weighted by Crippen LogP contribution is -2.05. The number of nitrogens with zero attached hydrogens (tertiary/aromatic N) is 3. The van der Waals surface area contributed by atoms with Crippen molar-refractivity contribution in [3.8, 4) is 0 Å². The lowest BCUT2D eigenvalue weighted by Gasteiger charge is -2.11. The van der Waals surface area contributed by atoms with Crippen LogP contribution in [0.15, 0.2) is 17.8 Å². The van der Waals surface area contributed by atoms with Crippen LogP contribution in [-0.4, -0.2) is 28.2 Å². The summed E-state index contributed by atoms with van der Waals surface area (Å²) >= 11 is 1.54. The van der Waals surface area contributed by atoms with E-state index in [0.717, 1.165) is 29.2 Å². The van der Waals surface area contributed by atoms with Gasteiger partial charge in [0.15, 0.2) is 5.82 Å². The number of fused-ring (bicyclic) bond motifs is 1. The Kier molecular flexibility index (Phi) is 2.19. The Hall–Kier alpha value is -1.33. The summed E-state index contributed by atoms with van der Waals surface area (Å²) in [4.78, 5) is 13.9. The molecule has 3 rings (SSSR count). The maximum Gasteiger partial charge on any atom is 0.156 e. The molecule has 0 saturated carbocycles. The Balaban J connectivity index is 2.06. The number of aromatic nitrogens is 3. The van der Waals surface area contributed by atoms with Crippen LogP contribution in [0, 0.1) is 0 Å². The van der Waals surface area contributed by atoms with Crippen molar-refractivity contribution in [2.45, 2.75) is 6.42 Å². The highest BCUT2D eigenvalue weighted by atomic mass is 32.1. The molecule has 0 atom stereocenters. The van der Waals surface area contributed by atoms with Gasteiger partial charge in [-0.3, -0.25) is 0 Å². The standard InChI is InChI=1S/C10H9N3OS/c1-3-14-4-2-7(1)9-11-5-8-10(13-9)15-6-12-8/h1,5-6H,2-4H2. The van der Waals surface area contributed by atoms with Crippen molar-refractivity contribution in [3.63, 3.8) is 0 Å². The van der Waals surface area contributed by atoms with E-state index in [2.05, 4.69) is 15.0 Å². The zero-order chi connectivity index (χ0) is 10.1. The molecule has 0 fully saturated rings. The first-order valence-corrected chi connectivity index (χ1v) is 5.65. The molecule has 3 heterocycles. The summed E-state index contributed by atoms with van der Waals surface area (Å²) in [5, 5.41) is 0. The molecule has 0 spiro atoms. The average molecular weight is 219 g/mol. The fourth-order valence-corrected chi connectivity index (χ4v) is 2.18. The van der Waals surface area contributed by atoms with E-state index < -0.39 is 0 Å². The monoisotopic (exact) mass is 219 g/mol. The average Bonchev–Trinajstić information content (AvgIpc) is 2.77. The van der Waals surface area contributed by atoms with Crippen molar-refractivity contribution in [1.82, 2.24) is 15.0 Å². The molecule has 0 N–H and O–H groups in total. The van der Waals surface area contributed by atoms with E-state index in [9.17, 15) is 0 Å². The second kappa shape index (κ2) is 3.67. The predicted molar refractivity (Wildman–Crippen MR) is 58.6 cm³/mol. The number of rotatable bonds is 1. The Morgan fingerprint density at radius 2 is 2.33 bits per heavy atom. The molecule has 1 aliphatic rings. The lowest BCUT2D eigenvalue weighted by atomic mass is 10.1. The van der Waals surface area contributed by atoms with Crippen molar-refractivity contribution in [2.75, 3.05) is 13.2 Å². The first kappa shape index (κ1) is 8.94. The lowest BCUT2D eigenvalue weighted by molar-refractivity contribution is 0.161. The molecule has 2 aromatic rings. The molecule has 0 unspecified atom stereocenters. The van der Waals surface area contributed by atoms with Gasteiger partial charge in [0.25, 0.3) is 0 Å². The summed E-state index contributed by atoms with van der Waals surface area (Å²) in [5.41, 5.74) is 3.84. The van der Waals surface area contributed by atoms with Crippen molar-refractivity contribution < 1.29 is 4.74 Å². The number of hydrogen-bond donors (Lipinski definition) is 0. The molecular weight excluding hydrogens is 210 g/mol. The van der Waals surface area contributed by atoms with Gasteiger partial charge < -0.3 is 4.74 Å². The number of ether oxygens (including phenoxy) is 1. The topological polar surface area (TPSA) is 47.9 Å². The van der Waals surface area contributed by atoms with Gasteiger partial charge in [-0.15, -0.1) is 11.3 Å². The second-order valence-corrected chi connectivity index (χ2v) is 4.12. The van der Waals surface area contributed by atoms with Crippen LogP contribution >= 0.6 is 11.3 Å². The van der Waals surface area contributed by atoms with Gasteiger partial charge in [-0.05, 0) is 12.0 Å². The molecule has 5 heteroatoms. The van der Waals surface area contributed by atoms with Crippen LogP contribution < -0.4 is 0 Å². The Bertz CT molecular complexity index is 520. The normalized spacial score (nSPS) is 16.7. The Morgan fingerprint density at radius 1 is 1.33 bits per heavy atom. The van der Waals surface area contributed by atoms with E-state index in [0.29, 0.717) is 6.61 Å². The zero-order valence-electron chi connectivity index (χ0n) is 8.01. The highest BCUT2D eigenvalue weighted by Crippen LogP contribution is 2.21. The van der Waals surface area contributed by atoms with Crippen molar-refractivity contribution >= 4 is 27.3 Å². The highest BCUT2D eigenvalue weighted by molar-refractivity contribution is 7.16. The van der Waals surface area contributed by atoms with Crippen LogP contribution in [0.3, 0.4) is 0 Å². The summed E-state index contributed by atoms with van der Waals surface area (Å²) in [5.74, 6) is 0.815. The van der Waals surface area contributed by atoms with Gasteiger partial charge in [-0.1, -0.05) is 6.08 Å². The molecule has 0 amide bonds. The minimum atomic E-state index is 0.666. The first-order chi connectivity index (χ1) is 7.43. The van der Waals surface area contributed by atoms with Crippen LogP contribution in [0.25, 0.3) is 15.9 Å². The van der Waals surface area contributed by atoms with Crippen LogP contribution in [0.5, 0.6) is 0 Å². The third-order valence-corrected chi connectivity index (χ3v) is 3.08. The van der Waals surface area contributed by atoms with Gasteiger partial charge in [-0.25, -0.2) is 15.0 Å². The summed E-state index contributed by atoms with van der Waals surface area (Å²) in [7, 11) is 0. The molecule has 0 saturated heterocycles. The van der Waals surface area contributed by atoms with Crippen LogP contribution in [0.1, 0.15) is 12.2 Å². The zero-order valence-corrected chi connectivity index (χ0v) is 8.83. The molecule has 0 aromatic carbocycles. The van der Waals surface area contributed by atoms with Crippen LogP contribution in [0.2, 0.25) is 0 Å². The van der Waals surface area contributed by atoms with Crippen LogP contribution in [-0.2, 0) is 4.74 Å². The van der Waals surface area contributed by atoms with Crippen molar-refractivity contribution in [3.05, 3.63) is 23.6 Å². The minimum absolute atomic E-state index is 0.666. The first-order valence-electron chi connectivity index (χ1n) is 4.77. The number of hydrogen-bond acceptors (Lipinski definition) is 5. The predicted octanol–water partition coefficient (Wildman–Crippen LogP) is 1.89. The molecule has 4 nitrogen and oxygen atoms in total. The molecule has 1 aliphatic heterocycles. The minimum Gasteiger partial charge on any atom is -0.377 e. The quantitative estimate of drug-likeness (QED) is 0.734. The van der Waals surface area contributed by atoms with E-state index in [1.54, 1.807) is 23.0 Å². The van der Waals surface area contributed by atoms with E-state index in [1.807, 2.05) is 6.08 Å². The van der Waals surface area contributed by atoms with Gasteiger partial charge >= 0.3 is 0 Å². The highest BCUT2D eigenvalue weighted by Gasteiger charge is 2.10. The third kappa shape index (κ3) is 1.64. The molecule has 0 aliphatic carbocycles. The van der Waals surface area contributed by atoms with Gasteiger partial charge in [-0.2, -0.15) is 0 Å². The smallest absolute Gasteiger partial charge is 0.156 e. The molecule has 15 heavy (non-hydrogen) atoms. The summed E-state index contributed by atoms with van der Waals surface area (Å²) in [6.45, 7) is 1.43. The maximum absolute atomic E-state index is 5.25. The van der Waals surface area contributed by atoms with Crippen LogP contribution in [0.4, 0.5) is 0 Å². The molecule has 2 aromatic heterocycles. The molecule has 76 valence electrons. The number of thiazole rings is 1. The van der Waals surface area contributed by atoms with E-state index in [1.165, 1.54) is 5.57 Å². The van der Waals surface area contributed by atoms with Gasteiger partial charge in [0.2, 0.25) is 0 Å². The third-order valence-electron chi connectivity index (χ3n) is 2.34. The molecular formula is C10H9N3OS. The van der Waals surface area contributed by atoms with Crippen molar-refractivity contribution in [1.29, 1.82) is 0 Å². The largest absolute Gasteiger partial charge is 0.377 e. The Morgan fingerprint density at radius 3 is 3.20 bits per heavy atom. The van der Waals surface area contributed by atoms with E-state index >= 15 is 0 Å². The van der Waals surface area contributed by atoms with Gasteiger partial charge in [0.05, 0.1) is 24.9 Å². The fraction of sp³-hybridized carbons (Fsp3) is 0.300. The maximum atomic E-state index is 5.25. The fourth-order valence-electron chi connectivity index (χ4n) is 1.55. The summed E-state index contributed by atoms with van der Waals surface area (Å²) in [6.07, 6.45) is 4.72. The summed E-state index contributed by atoms with van der Waals surface area (Å²) in [6, 6.07) is 0. The van der Waals surface area contributed by atoms with E-state index in [-0.39, 0.29) is 0 Å². The van der Waals surface area contributed by atoms with E-state index in [4.69, 9.17) is 4.74 Å². The van der Waals surface area contributed by atoms with Crippen molar-refractivity contribution in [2.24, 2.45) is 0 Å². The SMILES string of the molecule is C1=C(c2ncc3ncsc3n2)CCOC1. The Labute approximate surface area is 90.7 Å². The molecule has 0 radical (unpaired) electrons. The summed E-state index contributed by atoms with van der Waals surface area (Å²) < 4.78 is 5.25.